The Hall–Kier alpha value is -2.11. The maximum absolute atomic E-state index is 12.1. The highest BCUT2D eigenvalue weighted by Crippen LogP contribution is 2.26. The van der Waals surface area contributed by atoms with Crippen LogP contribution < -0.4 is 5.32 Å². The maximum atomic E-state index is 12.1. The summed E-state index contributed by atoms with van der Waals surface area (Å²) in [6.45, 7) is 1.79. The van der Waals surface area contributed by atoms with E-state index in [4.69, 9.17) is 16.7 Å². The Kier molecular flexibility index (Phi) is 5.58. The highest BCUT2D eigenvalue weighted by atomic mass is 79.9. The summed E-state index contributed by atoms with van der Waals surface area (Å²) in [6, 6.07) is 11.6. The lowest BCUT2D eigenvalue weighted by molar-refractivity contribution is -0.111. The number of anilines is 1. The number of benzene rings is 2. The molecule has 23 heavy (non-hydrogen) atoms. The first kappa shape index (κ1) is 17.2. The van der Waals surface area contributed by atoms with E-state index in [0.29, 0.717) is 5.02 Å². The van der Waals surface area contributed by atoms with Crippen LogP contribution in [0.4, 0.5) is 5.69 Å². The number of carbonyl (C=O) groups is 2. The van der Waals surface area contributed by atoms with E-state index in [-0.39, 0.29) is 11.3 Å². The predicted octanol–water partition coefficient (Wildman–Crippen LogP) is 4.84. The van der Waals surface area contributed by atoms with Gasteiger partial charge in [0, 0.05) is 10.5 Å². The summed E-state index contributed by atoms with van der Waals surface area (Å²) in [7, 11) is 0. The van der Waals surface area contributed by atoms with Gasteiger partial charge < -0.3 is 10.4 Å². The first-order valence-corrected chi connectivity index (χ1v) is 7.82. The third-order valence-electron chi connectivity index (χ3n) is 3.14. The van der Waals surface area contributed by atoms with Crippen LogP contribution in [0.15, 0.2) is 53.0 Å². The molecule has 0 atom stereocenters. The SMILES string of the molecule is C/C(=C/C(=O)Nc1ccccc1C(=O)O)c1ccc(Cl)c(Br)c1. The van der Waals surface area contributed by atoms with Crippen molar-refractivity contribution >= 4 is 50.7 Å². The number of rotatable bonds is 4. The molecule has 0 radical (unpaired) electrons. The van der Waals surface area contributed by atoms with Crippen LogP contribution in [0, 0.1) is 0 Å². The quantitative estimate of drug-likeness (QED) is 0.729. The minimum atomic E-state index is -1.09. The second-order valence-corrected chi connectivity index (χ2v) is 6.06. The number of amides is 1. The van der Waals surface area contributed by atoms with E-state index in [1.54, 1.807) is 37.3 Å². The van der Waals surface area contributed by atoms with E-state index in [1.807, 2.05) is 6.07 Å². The molecule has 2 N–H and O–H groups in total. The molecule has 0 saturated carbocycles. The number of aromatic carboxylic acids is 1. The summed E-state index contributed by atoms with van der Waals surface area (Å²) in [5, 5.41) is 12.3. The summed E-state index contributed by atoms with van der Waals surface area (Å²) < 4.78 is 0.737. The molecule has 2 rings (SSSR count). The van der Waals surface area contributed by atoms with Gasteiger partial charge in [0.2, 0.25) is 5.91 Å². The second-order valence-electron chi connectivity index (χ2n) is 4.80. The van der Waals surface area contributed by atoms with Crippen LogP contribution in [-0.2, 0) is 4.79 Å². The fourth-order valence-corrected chi connectivity index (χ4v) is 2.47. The van der Waals surface area contributed by atoms with Crippen LogP contribution in [0.25, 0.3) is 5.57 Å². The standard InChI is InChI=1S/C17H13BrClNO3/c1-10(11-6-7-14(19)13(18)9-11)8-16(21)20-15-5-3-2-4-12(15)17(22)23/h2-9H,1H3,(H,20,21)(H,22,23)/b10-8-. The predicted molar refractivity (Wildman–Crippen MR) is 94.8 cm³/mol. The lowest BCUT2D eigenvalue weighted by atomic mass is 10.1. The number of carboxylic acids is 1. The van der Waals surface area contributed by atoms with Gasteiger partial charge in [0.1, 0.15) is 0 Å². The molecule has 118 valence electrons. The third-order valence-corrected chi connectivity index (χ3v) is 4.35. The minimum Gasteiger partial charge on any atom is -0.478 e. The molecule has 1 amide bonds. The molecule has 0 aliphatic carbocycles. The lowest BCUT2D eigenvalue weighted by Gasteiger charge is -2.07. The molecule has 2 aromatic carbocycles. The largest absolute Gasteiger partial charge is 0.478 e. The van der Waals surface area contributed by atoms with Crippen molar-refractivity contribution in [2.45, 2.75) is 6.92 Å². The van der Waals surface area contributed by atoms with Gasteiger partial charge in [-0.15, -0.1) is 0 Å². The van der Waals surface area contributed by atoms with Gasteiger partial charge in [0.25, 0.3) is 0 Å². The Bertz CT molecular complexity index is 802. The number of halogens is 2. The molecule has 0 heterocycles. The molecule has 0 aromatic heterocycles. The molecule has 2 aromatic rings. The molecular weight excluding hydrogens is 382 g/mol. The Morgan fingerprint density at radius 1 is 1.22 bits per heavy atom. The summed E-state index contributed by atoms with van der Waals surface area (Å²) in [5.74, 6) is -1.49. The van der Waals surface area contributed by atoms with Crippen molar-refractivity contribution in [1.82, 2.24) is 0 Å². The zero-order valence-electron chi connectivity index (χ0n) is 12.1. The molecule has 0 saturated heterocycles. The highest BCUT2D eigenvalue weighted by Gasteiger charge is 2.11. The molecule has 0 fully saturated rings. The topological polar surface area (TPSA) is 66.4 Å². The van der Waals surface area contributed by atoms with E-state index in [9.17, 15) is 9.59 Å². The number of allylic oxidation sites excluding steroid dienone is 1. The van der Waals surface area contributed by atoms with Crippen molar-refractivity contribution in [3.05, 3.63) is 69.2 Å². The van der Waals surface area contributed by atoms with E-state index in [2.05, 4.69) is 21.2 Å². The number of carboxylic acid groups (broad SMARTS) is 1. The fraction of sp³-hybridized carbons (Fsp3) is 0.0588. The molecule has 6 heteroatoms. The number of carbonyl (C=O) groups excluding carboxylic acids is 1. The van der Waals surface area contributed by atoms with Crippen LogP contribution in [0.1, 0.15) is 22.8 Å². The van der Waals surface area contributed by atoms with Crippen LogP contribution in [-0.4, -0.2) is 17.0 Å². The zero-order valence-corrected chi connectivity index (χ0v) is 14.5. The van der Waals surface area contributed by atoms with Crippen molar-refractivity contribution in [3.63, 3.8) is 0 Å². The summed E-state index contributed by atoms with van der Waals surface area (Å²) in [5.41, 5.74) is 1.86. The van der Waals surface area contributed by atoms with Crippen LogP contribution in [0.5, 0.6) is 0 Å². The van der Waals surface area contributed by atoms with E-state index >= 15 is 0 Å². The van der Waals surface area contributed by atoms with E-state index in [0.717, 1.165) is 15.6 Å². The van der Waals surface area contributed by atoms with Crippen molar-refractivity contribution in [2.24, 2.45) is 0 Å². The first-order valence-electron chi connectivity index (χ1n) is 6.65. The third kappa shape index (κ3) is 4.43. The number of hydrogen-bond donors (Lipinski definition) is 2. The van der Waals surface area contributed by atoms with E-state index < -0.39 is 11.9 Å². The molecule has 0 unspecified atom stereocenters. The zero-order chi connectivity index (χ0) is 17.0. The Morgan fingerprint density at radius 3 is 2.57 bits per heavy atom. The normalized spacial score (nSPS) is 11.2. The molecule has 0 aliphatic heterocycles. The summed E-state index contributed by atoms with van der Waals surface area (Å²) in [4.78, 5) is 23.2. The van der Waals surface area contributed by atoms with Crippen LogP contribution >= 0.6 is 27.5 Å². The van der Waals surface area contributed by atoms with Crippen molar-refractivity contribution in [1.29, 1.82) is 0 Å². The number of hydrogen-bond acceptors (Lipinski definition) is 2. The van der Waals surface area contributed by atoms with Gasteiger partial charge >= 0.3 is 5.97 Å². The molecule has 4 nitrogen and oxygen atoms in total. The Labute approximate surface area is 146 Å². The fourth-order valence-electron chi connectivity index (χ4n) is 1.97. The van der Waals surface area contributed by atoms with Gasteiger partial charge in [-0.1, -0.05) is 29.8 Å². The monoisotopic (exact) mass is 393 g/mol. The first-order chi connectivity index (χ1) is 10.9. The molecule has 0 spiro atoms. The summed E-state index contributed by atoms with van der Waals surface area (Å²) >= 11 is 9.28. The van der Waals surface area contributed by atoms with Gasteiger partial charge in [0.15, 0.2) is 0 Å². The van der Waals surface area contributed by atoms with Gasteiger partial charge in [-0.3, -0.25) is 4.79 Å². The summed E-state index contributed by atoms with van der Waals surface area (Å²) in [6.07, 6.45) is 1.41. The average Bonchev–Trinajstić information content (AvgIpc) is 2.50. The number of nitrogens with one attached hydrogen (secondary N) is 1. The average molecular weight is 395 g/mol. The highest BCUT2D eigenvalue weighted by molar-refractivity contribution is 9.10. The van der Waals surface area contributed by atoms with Crippen LogP contribution in [0.2, 0.25) is 5.02 Å². The molecule has 0 bridgehead atoms. The van der Waals surface area contributed by atoms with Crippen molar-refractivity contribution in [3.8, 4) is 0 Å². The van der Waals surface area contributed by atoms with Gasteiger partial charge in [0.05, 0.1) is 16.3 Å². The molecular formula is C17H13BrClNO3. The van der Waals surface area contributed by atoms with Gasteiger partial charge in [-0.2, -0.15) is 0 Å². The van der Waals surface area contributed by atoms with E-state index in [1.165, 1.54) is 12.1 Å². The Balaban J connectivity index is 2.21. The van der Waals surface area contributed by atoms with Gasteiger partial charge in [-0.25, -0.2) is 4.79 Å². The van der Waals surface area contributed by atoms with Crippen molar-refractivity contribution < 1.29 is 14.7 Å². The van der Waals surface area contributed by atoms with Crippen molar-refractivity contribution in [2.75, 3.05) is 5.32 Å². The second kappa shape index (κ2) is 7.44. The lowest BCUT2D eigenvalue weighted by Crippen LogP contribution is -2.12. The minimum absolute atomic E-state index is 0.0427. The number of para-hydroxylation sites is 1. The Morgan fingerprint density at radius 2 is 1.91 bits per heavy atom. The smallest absolute Gasteiger partial charge is 0.337 e. The van der Waals surface area contributed by atoms with Crippen LogP contribution in [0.3, 0.4) is 0 Å². The molecule has 0 aliphatic rings. The van der Waals surface area contributed by atoms with Gasteiger partial charge in [-0.05, 0) is 58.3 Å². The maximum Gasteiger partial charge on any atom is 0.337 e.